The summed E-state index contributed by atoms with van der Waals surface area (Å²) < 4.78 is 12.4. The molecule has 0 saturated heterocycles. The second-order valence-corrected chi connectivity index (χ2v) is 6.53. The maximum atomic E-state index is 6.21. The molecule has 0 rings (SSSR count). The molecule has 0 atom stereocenters. The first-order chi connectivity index (χ1) is 8.95. The van der Waals surface area contributed by atoms with Crippen LogP contribution < -0.4 is 0 Å². The maximum Gasteiger partial charge on any atom is 0.168 e. The van der Waals surface area contributed by atoms with Gasteiger partial charge < -0.3 is 9.47 Å². The van der Waals surface area contributed by atoms with Crippen LogP contribution in [0.2, 0.25) is 0 Å². The monoisotopic (exact) mass is 272 g/mol. The summed E-state index contributed by atoms with van der Waals surface area (Å²) in [5.74, 6) is 0.786. The molecule has 0 radical (unpaired) electrons. The summed E-state index contributed by atoms with van der Waals surface area (Å²) in [6.45, 7) is 14.8. The molecule has 0 bridgehead atoms. The molecule has 0 saturated carbocycles. The highest BCUT2D eigenvalue weighted by molar-refractivity contribution is 4.71. The molecule has 0 aliphatic heterocycles. The molecule has 2 heteroatoms. The highest BCUT2D eigenvalue weighted by Gasteiger charge is 2.31. The Morgan fingerprint density at radius 1 is 0.737 bits per heavy atom. The van der Waals surface area contributed by atoms with Crippen LogP contribution in [0.5, 0.6) is 0 Å². The maximum absolute atomic E-state index is 6.21. The predicted molar refractivity (Wildman–Crippen MR) is 83.4 cm³/mol. The average Bonchev–Trinajstić information content (AvgIpc) is 2.34. The van der Waals surface area contributed by atoms with Gasteiger partial charge in [-0.2, -0.15) is 0 Å². The predicted octanol–water partition coefficient (Wildman–Crippen LogP) is 5.41. The van der Waals surface area contributed by atoms with Gasteiger partial charge in [0.1, 0.15) is 0 Å². The van der Waals surface area contributed by atoms with Crippen molar-refractivity contribution < 1.29 is 9.47 Å². The second-order valence-electron chi connectivity index (χ2n) is 6.53. The largest absolute Gasteiger partial charge is 0.350 e. The van der Waals surface area contributed by atoms with Crippen LogP contribution in [0.15, 0.2) is 0 Å². The fraction of sp³-hybridized carbons (Fsp3) is 1.00. The Morgan fingerprint density at radius 3 is 1.63 bits per heavy atom. The van der Waals surface area contributed by atoms with Gasteiger partial charge in [-0.25, -0.2) is 0 Å². The summed E-state index contributed by atoms with van der Waals surface area (Å²) in [6.07, 6.45) is 6.87. The minimum Gasteiger partial charge on any atom is -0.350 e. The van der Waals surface area contributed by atoms with E-state index in [1.807, 2.05) is 0 Å². The third-order valence-electron chi connectivity index (χ3n) is 3.15. The van der Waals surface area contributed by atoms with Gasteiger partial charge in [-0.3, -0.25) is 0 Å². The molecular formula is C17H36O2. The lowest BCUT2D eigenvalue weighted by molar-refractivity contribution is -0.253. The molecular weight excluding hydrogens is 236 g/mol. The second kappa shape index (κ2) is 10.7. The zero-order chi connectivity index (χ0) is 14.7. The Hall–Kier alpha value is -0.0800. The molecule has 0 aromatic carbocycles. The smallest absolute Gasteiger partial charge is 0.168 e. The van der Waals surface area contributed by atoms with Crippen LogP contribution in [0.1, 0.15) is 80.1 Å². The number of ether oxygens (including phenoxy) is 2. The van der Waals surface area contributed by atoms with Crippen molar-refractivity contribution in [1.82, 2.24) is 0 Å². The minimum atomic E-state index is -0.335. The van der Waals surface area contributed by atoms with Crippen LogP contribution >= 0.6 is 0 Å². The minimum absolute atomic E-state index is 0.335. The van der Waals surface area contributed by atoms with E-state index < -0.39 is 0 Å². The first-order valence-corrected chi connectivity index (χ1v) is 8.23. The van der Waals surface area contributed by atoms with Crippen molar-refractivity contribution in [3.63, 3.8) is 0 Å². The summed E-state index contributed by atoms with van der Waals surface area (Å²) in [5.41, 5.74) is 0. The standard InChI is InChI=1S/C17H36O2/c1-7-9-10-12-17(11-8-2,18-13-15(3)4)19-14-16(5)6/h15-16H,7-14H2,1-6H3. The summed E-state index contributed by atoms with van der Waals surface area (Å²) >= 11 is 0. The van der Waals surface area contributed by atoms with Gasteiger partial charge in [0.2, 0.25) is 0 Å². The first kappa shape index (κ1) is 18.9. The molecule has 0 heterocycles. The molecule has 0 spiro atoms. The van der Waals surface area contributed by atoms with Gasteiger partial charge in [0.25, 0.3) is 0 Å². The van der Waals surface area contributed by atoms with E-state index in [2.05, 4.69) is 41.5 Å². The molecule has 2 nitrogen and oxygen atoms in total. The molecule has 19 heavy (non-hydrogen) atoms. The van der Waals surface area contributed by atoms with Crippen LogP contribution in [0.25, 0.3) is 0 Å². The van der Waals surface area contributed by atoms with Gasteiger partial charge in [-0.15, -0.1) is 0 Å². The third-order valence-corrected chi connectivity index (χ3v) is 3.15. The topological polar surface area (TPSA) is 18.5 Å². The summed E-state index contributed by atoms with van der Waals surface area (Å²) in [7, 11) is 0. The average molecular weight is 272 g/mol. The Labute approximate surface area is 121 Å². The molecule has 0 aromatic rings. The van der Waals surface area contributed by atoms with E-state index in [9.17, 15) is 0 Å². The number of rotatable bonds is 12. The lowest BCUT2D eigenvalue weighted by atomic mass is 10.0. The van der Waals surface area contributed by atoms with E-state index >= 15 is 0 Å². The number of unbranched alkanes of at least 4 members (excludes halogenated alkanes) is 2. The van der Waals surface area contributed by atoms with Gasteiger partial charge in [-0.05, 0) is 18.3 Å². The van der Waals surface area contributed by atoms with Crippen LogP contribution in [0, 0.1) is 11.8 Å². The molecule has 0 amide bonds. The van der Waals surface area contributed by atoms with Gasteiger partial charge in [0.05, 0.1) is 13.2 Å². The van der Waals surface area contributed by atoms with Gasteiger partial charge >= 0.3 is 0 Å². The Bertz CT molecular complexity index is 187. The molecule has 0 aliphatic carbocycles. The van der Waals surface area contributed by atoms with E-state index in [0.717, 1.165) is 32.5 Å². The van der Waals surface area contributed by atoms with Gasteiger partial charge in [-0.1, -0.05) is 60.8 Å². The van der Waals surface area contributed by atoms with Crippen molar-refractivity contribution in [1.29, 1.82) is 0 Å². The Morgan fingerprint density at radius 2 is 1.26 bits per heavy atom. The zero-order valence-corrected chi connectivity index (χ0v) is 14.1. The van der Waals surface area contributed by atoms with Crippen LogP contribution in [-0.4, -0.2) is 19.0 Å². The van der Waals surface area contributed by atoms with Crippen LogP contribution in [-0.2, 0) is 9.47 Å². The summed E-state index contributed by atoms with van der Waals surface area (Å²) in [4.78, 5) is 0. The van der Waals surface area contributed by atoms with Crippen molar-refractivity contribution in [2.24, 2.45) is 11.8 Å². The SMILES string of the molecule is CCCCCC(CCC)(OCC(C)C)OCC(C)C. The van der Waals surface area contributed by atoms with E-state index in [0.29, 0.717) is 11.8 Å². The highest BCUT2D eigenvalue weighted by Crippen LogP contribution is 2.28. The van der Waals surface area contributed by atoms with Crippen LogP contribution in [0.4, 0.5) is 0 Å². The van der Waals surface area contributed by atoms with E-state index in [1.165, 1.54) is 19.3 Å². The quantitative estimate of drug-likeness (QED) is 0.349. The van der Waals surface area contributed by atoms with E-state index in [-0.39, 0.29) is 5.79 Å². The third kappa shape index (κ3) is 9.45. The molecule has 0 fully saturated rings. The Kier molecular flexibility index (Phi) is 10.6. The van der Waals surface area contributed by atoms with Gasteiger partial charge in [0.15, 0.2) is 5.79 Å². The van der Waals surface area contributed by atoms with E-state index in [1.54, 1.807) is 0 Å². The van der Waals surface area contributed by atoms with Crippen LogP contribution in [0.3, 0.4) is 0 Å². The normalized spacial score (nSPS) is 12.6. The Balaban J connectivity index is 4.56. The number of hydrogen-bond acceptors (Lipinski definition) is 2. The fourth-order valence-electron chi connectivity index (χ4n) is 2.12. The molecule has 0 unspecified atom stereocenters. The molecule has 0 aliphatic rings. The van der Waals surface area contributed by atoms with Crippen molar-refractivity contribution in [3.05, 3.63) is 0 Å². The molecule has 0 aromatic heterocycles. The zero-order valence-electron chi connectivity index (χ0n) is 14.1. The van der Waals surface area contributed by atoms with E-state index in [4.69, 9.17) is 9.47 Å². The summed E-state index contributed by atoms with van der Waals surface area (Å²) in [5, 5.41) is 0. The van der Waals surface area contributed by atoms with Crippen molar-refractivity contribution >= 4 is 0 Å². The molecule has 116 valence electrons. The van der Waals surface area contributed by atoms with Crippen molar-refractivity contribution in [2.75, 3.05) is 13.2 Å². The lowest BCUT2D eigenvalue weighted by Gasteiger charge is -2.35. The van der Waals surface area contributed by atoms with Crippen molar-refractivity contribution in [2.45, 2.75) is 85.9 Å². The first-order valence-electron chi connectivity index (χ1n) is 8.23. The highest BCUT2D eigenvalue weighted by atomic mass is 16.7. The summed E-state index contributed by atoms with van der Waals surface area (Å²) in [6, 6.07) is 0. The molecule has 0 N–H and O–H groups in total. The lowest BCUT2D eigenvalue weighted by Crippen LogP contribution is -2.38. The van der Waals surface area contributed by atoms with Crippen molar-refractivity contribution in [3.8, 4) is 0 Å². The fourth-order valence-corrected chi connectivity index (χ4v) is 2.12. The number of hydrogen-bond donors (Lipinski definition) is 0. The van der Waals surface area contributed by atoms with Gasteiger partial charge in [0, 0.05) is 12.8 Å².